The van der Waals surface area contributed by atoms with Gasteiger partial charge in [-0.15, -0.1) is 0 Å². The standard InChI is InChI=1S/C9H19N/c1-7(2)9(4,5)8(3)10-6/h7H,1-6H3. The predicted molar refractivity (Wildman–Crippen MR) is 47.7 cm³/mol. The molecule has 0 spiro atoms. The molecule has 10 heavy (non-hydrogen) atoms. The van der Waals surface area contributed by atoms with Crippen molar-refractivity contribution < 1.29 is 0 Å². The zero-order valence-corrected chi connectivity index (χ0v) is 8.02. The zero-order chi connectivity index (χ0) is 8.36. The number of aliphatic imine (C=N–C) groups is 1. The molecule has 0 N–H and O–H groups in total. The molecule has 0 saturated carbocycles. The van der Waals surface area contributed by atoms with E-state index < -0.39 is 0 Å². The summed E-state index contributed by atoms with van der Waals surface area (Å²) in [6, 6.07) is 0. The minimum atomic E-state index is 0.259. The molecule has 0 aromatic carbocycles. The van der Waals surface area contributed by atoms with Crippen LogP contribution in [0.3, 0.4) is 0 Å². The van der Waals surface area contributed by atoms with Crippen LogP contribution in [0.5, 0.6) is 0 Å². The van der Waals surface area contributed by atoms with E-state index in [-0.39, 0.29) is 5.41 Å². The van der Waals surface area contributed by atoms with E-state index >= 15 is 0 Å². The van der Waals surface area contributed by atoms with Gasteiger partial charge in [0.15, 0.2) is 0 Å². The van der Waals surface area contributed by atoms with Gasteiger partial charge < -0.3 is 0 Å². The van der Waals surface area contributed by atoms with Crippen molar-refractivity contribution in [2.45, 2.75) is 34.6 Å². The fraction of sp³-hybridized carbons (Fsp3) is 0.889. The summed E-state index contributed by atoms with van der Waals surface area (Å²) in [5.41, 5.74) is 1.50. The summed E-state index contributed by atoms with van der Waals surface area (Å²) in [5.74, 6) is 0.663. The van der Waals surface area contributed by atoms with Crippen LogP contribution in [0, 0.1) is 11.3 Å². The Hall–Kier alpha value is -0.330. The van der Waals surface area contributed by atoms with Crippen molar-refractivity contribution in [2.24, 2.45) is 16.3 Å². The molecule has 0 radical (unpaired) electrons. The maximum absolute atomic E-state index is 4.20. The summed E-state index contributed by atoms with van der Waals surface area (Å²) < 4.78 is 0. The summed E-state index contributed by atoms with van der Waals surface area (Å²) in [5, 5.41) is 0. The quantitative estimate of drug-likeness (QED) is 0.524. The van der Waals surface area contributed by atoms with Gasteiger partial charge in [0.25, 0.3) is 0 Å². The predicted octanol–water partition coefficient (Wildman–Crippen LogP) is 2.76. The Kier molecular flexibility index (Phi) is 3.07. The minimum Gasteiger partial charge on any atom is -0.297 e. The van der Waals surface area contributed by atoms with E-state index in [1.165, 1.54) is 5.71 Å². The van der Waals surface area contributed by atoms with Crippen molar-refractivity contribution in [3.63, 3.8) is 0 Å². The van der Waals surface area contributed by atoms with E-state index in [2.05, 4.69) is 39.6 Å². The second kappa shape index (κ2) is 3.18. The highest BCUT2D eigenvalue weighted by Crippen LogP contribution is 2.27. The van der Waals surface area contributed by atoms with Crippen LogP contribution in [0.25, 0.3) is 0 Å². The molecule has 0 saturated heterocycles. The second-order valence-corrected chi connectivity index (χ2v) is 3.69. The Morgan fingerprint density at radius 3 is 1.80 bits per heavy atom. The lowest BCUT2D eigenvalue weighted by atomic mass is 9.77. The van der Waals surface area contributed by atoms with Crippen molar-refractivity contribution in [3.05, 3.63) is 0 Å². The molecule has 0 heterocycles. The van der Waals surface area contributed by atoms with Gasteiger partial charge in [-0.1, -0.05) is 27.7 Å². The van der Waals surface area contributed by atoms with Crippen molar-refractivity contribution in [1.82, 2.24) is 0 Å². The van der Waals surface area contributed by atoms with Crippen molar-refractivity contribution >= 4 is 5.71 Å². The molecule has 60 valence electrons. The van der Waals surface area contributed by atoms with Crippen LogP contribution in [0.15, 0.2) is 4.99 Å². The molecule has 0 rings (SSSR count). The molecular weight excluding hydrogens is 122 g/mol. The van der Waals surface area contributed by atoms with Gasteiger partial charge >= 0.3 is 0 Å². The monoisotopic (exact) mass is 141 g/mol. The van der Waals surface area contributed by atoms with E-state index in [0.29, 0.717) is 5.92 Å². The van der Waals surface area contributed by atoms with Crippen molar-refractivity contribution in [3.8, 4) is 0 Å². The molecule has 0 aliphatic heterocycles. The highest BCUT2D eigenvalue weighted by molar-refractivity contribution is 5.87. The molecular formula is C9H19N. The summed E-state index contributed by atoms with van der Waals surface area (Å²) in [7, 11) is 1.86. The lowest BCUT2D eigenvalue weighted by Crippen LogP contribution is -2.27. The molecule has 0 aliphatic carbocycles. The van der Waals surface area contributed by atoms with Crippen LogP contribution < -0.4 is 0 Å². The Bertz CT molecular complexity index is 132. The Morgan fingerprint density at radius 1 is 1.30 bits per heavy atom. The third-order valence-corrected chi connectivity index (χ3v) is 2.71. The number of hydrogen-bond donors (Lipinski definition) is 0. The Balaban J connectivity index is 4.40. The topological polar surface area (TPSA) is 12.4 Å². The summed E-state index contributed by atoms with van der Waals surface area (Å²) in [6.45, 7) is 11.0. The van der Waals surface area contributed by atoms with Gasteiger partial charge in [-0.05, 0) is 12.8 Å². The molecule has 0 unspecified atom stereocenters. The molecule has 1 nitrogen and oxygen atoms in total. The average Bonchev–Trinajstić information content (AvgIpc) is 1.86. The van der Waals surface area contributed by atoms with Crippen molar-refractivity contribution in [1.29, 1.82) is 0 Å². The fourth-order valence-corrected chi connectivity index (χ4v) is 0.706. The zero-order valence-electron chi connectivity index (χ0n) is 8.02. The van der Waals surface area contributed by atoms with E-state index in [1.807, 2.05) is 7.05 Å². The molecule has 0 aliphatic rings. The molecule has 0 bridgehead atoms. The SMILES string of the molecule is CN=C(C)C(C)(C)C(C)C. The molecule has 0 fully saturated rings. The van der Waals surface area contributed by atoms with Gasteiger partial charge in [0.05, 0.1) is 0 Å². The second-order valence-electron chi connectivity index (χ2n) is 3.69. The van der Waals surface area contributed by atoms with Gasteiger partial charge in [0, 0.05) is 18.2 Å². The molecule has 0 atom stereocenters. The van der Waals surface area contributed by atoms with Crippen LogP contribution in [-0.4, -0.2) is 12.8 Å². The largest absolute Gasteiger partial charge is 0.297 e. The first kappa shape index (κ1) is 9.67. The van der Waals surface area contributed by atoms with E-state index in [1.54, 1.807) is 0 Å². The van der Waals surface area contributed by atoms with Crippen LogP contribution in [0.4, 0.5) is 0 Å². The summed E-state index contributed by atoms with van der Waals surface area (Å²) in [6.07, 6.45) is 0. The Labute approximate surface area is 64.6 Å². The normalized spacial score (nSPS) is 14.5. The number of rotatable bonds is 2. The van der Waals surface area contributed by atoms with Gasteiger partial charge in [-0.2, -0.15) is 0 Å². The fourth-order valence-electron chi connectivity index (χ4n) is 0.706. The van der Waals surface area contributed by atoms with E-state index in [9.17, 15) is 0 Å². The summed E-state index contributed by atoms with van der Waals surface area (Å²) >= 11 is 0. The average molecular weight is 141 g/mol. The highest BCUT2D eigenvalue weighted by Gasteiger charge is 2.24. The van der Waals surface area contributed by atoms with Gasteiger partial charge in [-0.3, -0.25) is 4.99 Å². The molecule has 1 heteroatoms. The number of hydrogen-bond acceptors (Lipinski definition) is 1. The van der Waals surface area contributed by atoms with Crippen LogP contribution in [0.2, 0.25) is 0 Å². The van der Waals surface area contributed by atoms with Gasteiger partial charge in [0.2, 0.25) is 0 Å². The Morgan fingerprint density at radius 2 is 1.70 bits per heavy atom. The van der Waals surface area contributed by atoms with E-state index in [0.717, 1.165) is 0 Å². The van der Waals surface area contributed by atoms with Crippen LogP contribution in [-0.2, 0) is 0 Å². The molecule has 0 aromatic rings. The van der Waals surface area contributed by atoms with Crippen molar-refractivity contribution in [2.75, 3.05) is 7.05 Å². The van der Waals surface area contributed by atoms with Crippen LogP contribution in [0.1, 0.15) is 34.6 Å². The van der Waals surface area contributed by atoms with Gasteiger partial charge in [-0.25, -0.2) is 0 Å². The first-order valence-corrected chi connectivity index (χ1v) is 3.86. The smallest absolute Gasteiger partial charge is 0.0276 e. The third-order valence-electron chi connectivity index (χ3n) is 2.71. The first-order chi connectivity index (χ1) is 4.42. The maximum Gasteiger partial charge on any atom is 0.0276 e. The summed E-state index contributed by atoms with van der Waals surface area (Å²) in [4.78, 5) is 4.20. The molecule has 0 amide bonds. The van der Waals surface area contributed by atoms with E-state index in [4.69, 9.17) is 0 Å². The lowest BCUT2D eigenvalue weighted by molar-refractivity contribution is 0.363. The minimum absolute atomic E-state index is 0.259. The van der Waals surface area contributed by atoms with Crippen LogP contribution >= 0.6 is 0 Å². The first-order valence-electron chi connectivity index (χ1n) is 3.86. The number of nitrogens with zero attached hydrogens (tertiary/aromatic N) is 1. The lowest BCUT2D eigenvalue weighted by Gasteiger charge is -2.28. The molecule has 0 aromatic heterocycles. The maximum atomic E-state index is 4.20. The third kappa shape index (κ3) is 1.83. The van der Waals surface area contributed by atoms with Gasteiger partial charge in [0.1, 0.15) is 0 Å². The highest BCUT2D eigenvalue weighted by atomic mass is 14.7.